The molecule has 0 aliphatic rings. The highest BCUT2D eigenvalue weighted by molar-refractivity contribution is 9.10. The number of nitrogens with zero attached hydrogens (tertiary/aromatic N) is 1. The van der Waals surface area contributed by atoms with Crippen LogP contribution in [0.4, 0.5) is 5.69 Å². The minimum absolute atomic E-state index is 0.877. The molecule has 2 rings (SSSR count). The number of halogens is 1. The number of methoxy groups -OCH3 is 1. The van der Waals surface area contributed by atoms with Gasteiger partial charge in [0.05, 0.1) is 7.11 Å². The first-order valence-corrected chi connectivity index (χ1v) is 8.16. The monoisotopic (exact) mass is 347 g/mol. The highest BCUT2D eigenvalue weighted by atomic mass is 79.9. The quantitative estimate of drug-likeness (QED) is 0.676. The summed E-state index contributed by atoms with van der Waals surface area (Å²) in [6.45, 7) is 4.16. The van der Waals surface area contributed by atoms with Crippen molar-refractivity contribution in [2.45, 2.75) is 26.3 Å². The lowest BCUT2D eigenvalue weighted by molar-refractivity contribution is 0.414. The fourth-order valence-corrected chi connectivity index (χ4v) is 2.66. The summed E-state index contributed by atoms with van der Waals surface area (Å²) < 4.78 is 6.46. The van der Waals surface area contributed by atoms with E-state index in [0.717, 1.165) is 23.3 Å². The highest BCUT2D eigenvalue weighted by Gasteiger charge is 2.10. The molecule has 2 aromatic carbocycles. The lowest BCUT2D eigenvalue weighted by Gasteiger charge is -2.25. The number of unbranched alkanes of at least 4 members (excludes halogenated alkanes) is 1. The van der Waals surface area contributed by atoms with Crippen molar-refractivity contribution in [1.82, 2.24) is 0 Å². The number of hydrogen-bond donors (Lipinski definition) is 0. The molecule has 0 saturated carbocycles. The van der Waals surface area contributed by atoms with E-state index in [-0.39, 0.29) is 0 Å². The Hall–Kier alpha value is -1.48. The fourth-order valence-electron chi connectivity index (χ4n) is 2.29. The Morgan fingerprint density at radius 1 is 1.10 bits per heavy atom. The van der Waals surface area contributed by atoms with E-state index < -0.39 is 0 Å². The van der Waals surface area contributed by atoms with Crippen LogP contribution in [0.5, 0.6) is 5.75 Å². The molecule has 0 radical (unpaired) electrons. The van der Waals surface area contributed by atoms with Gasteiger partial charge >= 0.3 is 0 Å². The van der Waals surface area contributed by atoms with E-state index >= 15 is 0 Å². The zero-order valence-electron chi connectivity index (χ0n) is 12.7. The molecule has 3 heteroatoms. The second-order valence-corrected chi connectivity index (χ2v) is 5.92. The average Bonchev–Trinajstić information content (AvgIpc) is 2.54. The van der Waals surface area contributed by atoms with Crippen molar-refractivity contribution in [3.05, 3.63) is 58.6 Å². The molecule has 0 N–H and O–H groups in total. The molecular formula is C18H22BrNO. The van der Waals surface area contributed by atoms with E-state index in [1.54, 1.807) is 7.11 Å². The van der Waals surface area contributed by atoms with Crippen molar-refractivity contribution < 1.29 is 4.74 Å². The maximum absolute atomic E-state index is 5.34. The molecule has 0 atom stereocenters. The number of benzene rings is 2. The number of anilines is 1. The van der Waals surface area contributed by atoms with Crippen molar-refractivity contribution in [1.29, 1.82) is 0 Å². The summed E-state index contributed by atoms with van der Waals surface area (Å²) >= 11 is 3.65. The van der Waals surface area contributed by atoms with E-state index in [0.29, 0.717) is 0 Å². The Morgan fingerprint density at radius 2 is 1.86 bits per heavy atom. The Bertz CT molecular complexity index is 556. The van der Waals surface area contributed by atoms with Crippen LogP contribution in [-0.4, -0.2) is 13.7 Å². The fraction of sp³-hybridized carbons (Fsp3) is 0.333. The summed E-state index contributed by atoms with van der Waals surface area (Å²) in [5.74, 6) is 0.900. The Balaban J connectivity index is 2.22. The SMILES string of the molecule is CCCCN(Cc1cc(OC)ccc1Br)c1ccccc1. The molecule has 0 amide bonds. The molecule has 0 spiro atoms. The smallest absolute Gasteiger partial charge is 0.119 e. The maximum Gasteiger partial charge on any atom is 0.119 e. The number of hydrogen-bond acceptors (Lipinski definition) is 2. The molecule has 21 heavy (non-hydrogen) atoms. The van der Waals surface area contributed by atoms with E-state index in [4.69, 9.17) is 4.74 Å². The topological polar surface area (TPSA) is 12.5 Å². The Morgan fingerprint density at radius 3 is 2.52 bits per heavy atom. The average molecular weight is 348 g/mol. The van der Waals surface area contributed by atoms with Crippen LogP contribution in [0.25, 0.3) is 0 Å². The number of ether oxygens (including phenoxy) is 1. The summed E-state index contributed by atoms with van der Waals surface area (Å²) in [5.41, 5.74) is 2.51. The minimum atomic E-state index is 0.877. The molecule has 0 saturated heterocycles. The molecule has 112 valence electrons. The number of rotatable bonds is 7. The third-order valence-corrected chi connectivity index (χ3v) is 4.29. The molecule has 0 aromatic heterocycles. The molecule has 0 fully saturated rings. The molecule has 0 aliphatic carbocycles. The normalized spacial score (nSPS) is 10.4. The summed E-state index contributed by atoms with van der Waals surface area (Å²) in [4.78, 5) is 2.42. The number of para-hydroxylation sites is 1. The first kappa shape index (κ1) is 15.9. The molecule has 0 heterocycles. The van der Waals surface area contributed by atoms with Crippen LogP contribution in [0, 0.1) is 0 Å². The molecule has 2 aromatic rings. The van der Waals surface area contributed by atoms with Gasteiger partial charge in [0.1, 0.15) is 5.75 Å². The third kappa shape index (κ3) is 4.50. The van der Waals surface area contributed by atoms with Crippen LogP contribution in [0.1, 0.15) is 25.3 Å². The van der Waals surface area contributed by atoms with Gasteiger partial charge in [-0.05, 0) is 42.3 Å². The van der Waals surface area contributed by atoms with Gasteiger partial charge in [0.2, 0.25) is 0 Å². The lowest BCUT2D eigenvalue weighted by atomic mass is 10.1. The zero-order valence-corrected chi connectivity index (χ0v) is 14.3. The molecule has 0 bridgehead atoms. The zero-order chi connectivity index (χ0) is 15.1. The van der Waals surface area contributed by atoms with Crippen molar-refractivity contribution >= 4 is 21.6 Å². The summed E-state index contributed by atoms with van der Waals surface area (Å²) in [6, 6.07) is 16.7. The summed E-state index contributed by atoms with van der Waals surface area (Å²) in [7, 11) is 1.71. The van der Waals surface area contributed by atoms with Gasteiger partial charge in [0.15, 0.2) is 0 Å². The highest BCUT2D eigenvalue weighted by Crippen LogP contribution is 2.26. The van der Waals surface area contributed by atoms with Gasteiger partial charge < -0.3 is 9.64 Å². The standard InChI is InChI=1S/C18H22BrNO/c1-3-4-12-20(16-8-6-5-7-9-16)14-15-13-17(21-2)10-11-18(15)19/h5-11,13H,3-4,12,14H2,1-2H3. The van der Waals surface area contributed by atoms with E-state index in [2.05, 4.69) is 70.2 Å². The van der Waals surface area contributed by atoms with Crippen LogP contribution in [-0.2, 0) is 6.54 Å². The molecule has 0 unspecified atom stereocenters. The van der Waals surface area contributed by atoms with Crippen LogP contribution in [0.3, 0.4) is 0 Å². The van der Waals surface area contributed by atoms with Gasteiger partial charge in [0.25, 0.3) is 0 Å². The van der Waals surface area contributed by atoms with Gasteiger partial charge in [-0.15, -0.1) is 0 Å². The van der Waals surface area contributed by atoms with Crippen LogP contribution in [0.2, 0.25) is 0 Å². The largest absolute Gasteiger partial charge is 0.497 e. The van der Waals surface area contributed by atoms with Crippen molar-refractivity contribution in [2.75, 3.05) is 18.6 Å². The van der Waals surface area contributed by atoms with Gasteiger partial charge in [-0.3, -0.25) is 0 Å². The van der Waals surface area contributed by atoms with Gasteiger partial charge in [0, 0.05) is 23.2 Å². The van der Waals surface area contributed by atoms with Gasteiger partial charge in [-0.2, -0.15) is 0 Å². The molecule has 0 aliphatic heterocycles. The maximum atomic E-state index is 5.34. The van der Waals surface area contributed by atoms with Gasteiger partial charge in [-0.1, -0.05) is 47.5 Å². The van der Waals surface area contributed by atoms with Crippen molar-refractivity contribution in [3.8, 4) is 5.75 Å². The van der Waals surface area contributed by atoms with E-state index in [1.165, 1.54) is 24.1 Å². The van der Waals surface area contributed by atoms with Crippen LogP contribution >= 0.6 is 15.9 Å². The summed E-state index contributed by atoms with van der Waals surface area (Å²) in [5, 5.41) is 0. The lowest BCUT2D eigenvalue weighted by Crippen LogP contribution is -2.24. The van der Waals surface area contributed by atoms with Crippen molar-refractivity contribution in [3.63, 3.8) is 0 Å². The first-order chi connectivity index (χ1) is 10.2. The second kappa shape index (κ2) is 8.08. The minimum Gasteiger partial charge on any atom is -0.497 e. The van der Waals surface area contributed by atoms with E-state index in [9.17, 15) is 0 Å². The second-order valence-electron chi connectivity index (χ2n) is 5.07. The Kier molecular flexibility index (Phi) is 6.12. The summed E-state index contributed by atoms with van der Waals surface area (Å²) in [6.07, 6.45) is 2.39. The van der Waals surface area contributed by atoms with E-state index in [1.807, 2.05) is 6.07 Å². The first-order valence-electron chi connectivity index (χ1n) is 7.37. The molecule has 2 nitrogen and oxygen atoms in total. The van der Waals surface area contributed by atoms with Crippen LogP contribution < -0.4 is 9.64 Å². The Labute approximate surface area is 135 Å². The molecular weight excluding hydrogens is 326 g/mol. The third-order valence-electron chi connectivity index (χ3n) is 3.52. The van der Waals surface area contributed by atoms with Crippen molar-refractivity contribution in [2.24, 2.45) is 0 Å². The van der Waals surface area contributed by atoms with Crippen LogP contribution in [0.15, 0.2) is 53.0 Å². The van der Waals surface area contributed by atoms with Gasteiger partial charge in [-0.25, -0.2) is 0 Å². The predicted molar refractivity (Wildman–Crippen MR) is 93.1 cm³/mol. The predicted octanol–water partition coefficient (Wildman–Crippen LogP) is 5.26.